The summed E-state index contributed by atoms with van der Waals surface area (Å²) >= 11 is 1.21. The summed E-state index contributed by atoms with van der Waals surface area (Å²) in [7, 11) is 0. The van der Waals surface area contributed by atoms with E-state index in [0.717, 1.165) is 6.42 Å². The van der Waals surface area contributed by atoms with Crippen LogP contribution in [0.15, 0.2) is 0 Å². The molecule has 0 aromatic carbocycles. The Kier molecular flexibility index (Phi) is 8.76. The third kappa shape index (κ3) is 9.14. The lowest BCUT2D eigenvalue weighted by molar-refractivity contribution is -0.156. The van der Waals surface area contributed by atoms with E-state index in [2.05, 4.69) is 5.32 Å². The summed E-state index contributed by atoms with van der Waals surface area (Å²) in [5, 5.41) is 2.76. The highest BCUT2D eigenvalue weighted by Gasteiger charge is 2.26. The first-order valence-corrected chi connectivity index (χ1v) is 9.98. The maximum absolute atomic E-state index is 12.5. The standard InChI is InChI=1S/C18H32N2O4S/c1-13(16(22)24-18(3,4)5)19-17(23)20(11-12-25-14(2)21)10-9-15-7-6-8-15/h13,15H,6-12H2,1-5H3,(H,19,23)/t13-/m0/s1. The van der Waals surface area contributed by atoms with E-state index in [1.165, 1.54) is 37.9 Å². The Morgan fingerprint density at radius 3 is 2.36 bits per heavy atom. The fourth-order valence-electron chi connectivity index (χ4n) is 2.46. The lowest BCUT2D eigenvalue weighted by Gasteiger charge is -2.30. The van der Waals surface area contributed by atoms with Crippen LogP contribution in [0.1, 0.15) is 60.3 Å². The Morgan fingerprint density at radius 2 is 1.88 bits per heavy atom. The van der Waals surface area contributed by atoms with Crippen LogP contribution in [0.3, 0.4) is 0 Å². The molecule has 0 aromatic rings. The van der Waals surface area contributed by atoms with Crippen LogP contribution in [-0.4, -0.2) is 52.5 Å². The summed E-state index contributed by atoms with van der Waals surface area (Å²) < 4.78 is 5.30. The van der Waals surface area contributed by atoms with Crippen LogP contribution in [0.5, 0.6) is 0 Å². The number of amides is 2. The predicted molar refractivity (Wildman–Crippen MR) is 101 cm³/mol. The van der Waals surface area contributed by atoms with Crippen molar-refractivity contribution in [3.05, 3.63) is 0 Å². The van der Waals surface area contributed by atoms with Gasteiger partial charge in [-0.25, -0.2) is 9.59 Å². The first-order chi connectivity index (χ1) is 11.6. The lowest BCUT2D eigenvalue weighted by Crippen LogP contribution is -2.49. The number of thioether (sulfide) groups is 1. The topological polar surface area (TPSA) is 75.7 Å². The molecule has 0 spiro atoms. The zero-order valence-corrected chi connectivity index (χ0v) is 16.9. The fourth-order valence-corrected chi connectivity index (χ4v) is 3.06. The van der Waals surface area contributed by atoms with Crippen LogP contribution in [0, 0.1) is 5.92 Å². The van der Waals surface area contributed by atoms with Gasteiger partial charge in [-0.2, -0.15) is 0 Å². The minimum atomic E-state index is -0.710. The zero-order chi connectivity index (χ0) is 19.0. The normalized spacial score (nSPS) is 15.9. The molecule has 25 heavy (non-hydrogen) atoms. The number of hydrogen-bond donors (Lipinski definition) is 1. The van der Waals surface area contributed by atoms with Gasteiger partial charge in [-0.1, -0.05) is 31.0 Å². The van der Waals surface area contributed by atoms with E-state index in [1.807, 2.05) is 0 Å². The van der Waals surface area contributed by atoms with Crippen molar-refractivity contribution in [3.8, 4) is 0 Å². The van der Waals surface area contributed by atoms with Crippen LogP contribution in [0.25, 0.3) is 0 Å². The molecule has 0 radical (unpaired) electrons. The molecule has 0 bridgehead atoms. The number of carbonyl (C=O) groups is 3. The Morgan fingerprint density at radius 1 is 1.24 bits per heavy atom. The maximum Gasteiger partial charge on any atom is 0.328 e. The highest BCUT2D eigenvalue weighted by molar-refractivity contribution is 8.13. The van der Waals surface area contributed by atoms with Crippen molar-refractivity contribution < 1.29 is 19.1 Å². The highest BCUT2D eigenvalue weighted by atomic mass is 32.2. The van der Waals surface area contributed by atoms with Gasteiger partial charge in [-0.15, -0.1) is 0 Å². The van der Waals surface area contributed by atoms with Crippen LogP contribution in [0.4, 0.5) is 4.79 Å². The van der Waals surface area contributed by atoms with Crippen molar-refractivity contribution in [2.45, 2.75) is 71.9 Å². The third-order valence-electron chi connectivity index (χ3n) is 4.09. The number of rotatable bonds is 8. The van der Waals surface area contributed by atoms with Gasteiger partial charge in [0, 0.05) is 25.8 Å². The summed E-state index contributed by atoms with van der Waals surface area (Å²) in [5.41, 5.74) is -0.585. The second kappa shape index (κ2) is 10.0. The van der Waals surface area contributed by atoms with Gasteiger partial charge in [0.05, 0.1) is 0 Å². The van der Waals surface area contributed by atoms with Gasteiger partial charge in [0.25, 0.3) is 0 Å². The summed E-state index contributed by atoms with van der Waals surface area (Å²) in [5.74, 6) is 0.811. The van der Waals surface area contributed by atoms with E-state index >= 15 is 0 Å². The van der Waals surface area contributed by atoms with E-state index < -0.39 is 17.6 Å². The van der Waals surface area contributed by atoms with Crippen molar-refractivity contribution in [1.82, 2.24) is 10.2 Å². The molecule has 0 unspecified atom stereocenters. The molecule has 0 saturated heterocycles. The molecule has 1 atom stereocenters. The second-order valence-corrected chi connectivity index (χ2v) is 8.89. The molecule has 1 saturated carbocycles. The Hall–Kier alpha value is -1.24. The molecule has 0 aliphatic heterocycles. The summed E-state index contributed by atoms with van der Waals surface area (Å²) in [6.07, 6.45) is 4.70. The molecular formula is C18H32N2O4S. The average Bonchev–Trinajstić information content (AvgIpc) is 2.41. The Labute approximate surface area is 155 Å². The van der Waals surface area contributed by atoms with Gasteiger partial charge in [0.2, 0.25) is 0 Å². The quantitative estimate of drug-likeness (QED) is 0.662. The predicted octanol–water partition coefficient (Wildman–Crippen LogP) is 3.20. The van der Waals surface area contributed by atoms with E-state index in [1.54, 1.807) is 32.6 Å². The van der Waals surface area contributed by atoms with Gasteiger partial charge in [-0.3, -0.25) is 4.79 Å². The number of esters is 1. The van der Waals surface area contributed by atoms with E-state index in [0.29, 0.717) is 24.8 Å². The van der Waals surface area contributed by atoms with Crippen molar-refractivity contribution in [3.63, 3.8) is 0 Å². The first kappa shape index (κ1) is 21.8. The van der Waals surface area contributed by atoms with Crippen molar-refractivity contribution in [2.75, 3.05) is 18.8 Å². The maximum atomic E-state index is 12.5. The van der Waals surface area contributed by atoms with Crippen LogP contribution in [-0.2, 0) is 14.3 Å². The minimum Gasteiger partial charge on any atom is -0.458 e. The molecule has 2 amide bonds. The molecule has 1 rings (SSSR count). The van der Waals surface area contributed by atoms with Gasteiger partial charge >= 0.3 is 12.0 Å². The van der Waals surface area contributed by atoms with Crippen molar-refractivity contribution in [1.29, 1.82) is 0 Å². The Balaban J connectivity index is 2.53. The fraction of sp³-hybridized carbons (Fsp3) is 0.833. The molecule has 1 fully saturated rings. The summed E-state index contributed by atoms with van der Waals surface area (Å²) in [6, 6.07) is -0.986. The molecule has 0 heterocycles. The molecule has 7 heteroatoms. The van der Waals surface area contributed by atoms with Gasteiger partial charge < -0.3 is 15.0 Å². The number of hydrogen-bond acceptors (Lipinski definition) is 5. The van der Waals surface area contributed by atoms with Crippen molar-refractivity contribution in [2.24, 2.45) is 5.92 Å². The molecular weight excluding hydrogens is 340 g/mol. The monoisotopic (exact) mass is 372 g/mol. The Bertz CT molecular complexity index is 472. The molecule has 1 aliphatic carbocycles. The molecule has 144 valence electrons. The smallest absolute Gasteiger partial charge is 0.328 e. The van der Waals surface area contributed by atoms with Crippen LogP contribution >= 0.6 is 11.8 Å². The summed E-state index contributed by atoms with van der Waals surface area (Å²) in [6.45, 7) is 9.67. The largest absolute Gasteiger partial charge is 0.458 e. The van der Waals surface area contributed by atoms with Gasteiger partial charge in [0.15, 0.2) is 5.12 Å². The second-order valence-electron chi connectivity index (χ2n) is 7.62. The molecule has 1 aliphatic rings. The lowest BCUT2D eigenvalue weighted by atomic mass is 9.83. The SMILES string of the molecule is CC(=O)SCCN(CCC1CCC1)C(=O)N[C@@H](C)C(=O)OC(C)(C)C. The molecule has 6 nitrogen and oxygen atoms in total. The van der Waals surface area contributed by atoms with Gasteiger partial charge in [-0.05, 0) is 40.0 Å². The highest BCUT2D eigenvalue weighted by Crippen LogP contribution is 2.29. The molecule has 0 aromatic heterocycles. The van der Waals surface area contributed by atoms with Gasteiger partial charge in [0.1, 0.15) is 11.6 Å². The van der Waals surface area contributed by atoms with E-state index in [-0.39, 0.29) is 11.1 Å². The number of ether oxygens (including phenoxy) is 1. The summed E-state index contributed by atoms with van der Waals surface area (Å²) in [4.78, 5) is 37.4. The zero-order valence-electron chi connectivity index (χ0n) is 16.1. The number of nitrogens with zero attached hydrogens (tertiary/aromatic N) is 1. The molecule has 1 N–H and O–H groups in total. The average molecular weight is 373 g/mol. The van der Waals surface area contributed by atoms with Crippen molar-refractivity contribution >= 4 is 28.9 Å². The number of urea groups is 1. The van der Waals surface area contributed by atoms with Crippen LogP contribution in [0.2, 0.25) is 0 Å². The van der Waals surface area contributed by atoms with Crippen LogP contribution < -0.4 is 5.32 Å². The van der Waals surface area contributed by atoms with E-state index in [9.17, 15) is 14.4 Å². The number of carbonyl (C=O) groups excluding carboxylic acids is 3. The number of nitrogens with one attached hydrogen (secondary N) is 1. The minimum absolute atomic E-state index is 0.0430. The third-order valence-corrected chi connectivity index (χ3v) is 4.88. The first-order valence-electron chi connectivity index (χ1n) is 9.00. The van der Waals surface area contributed by atoms with E-state index in [4.69, 9.17) is 4.74 Å².